The first kappa shape index (κ1) is 10.4. The van der Waals surface area contributed by atoms with Crippen molar-refractivity contribution in [1.29, 1.82) is 0 Å². The van der Waals surface area contributed by atoms with Crippen LogP contribution in [0.2, 0.25) is 0 Å². The molecule has 0 aromatic carbocycles. The minimum atomic E-state index is -1.21. The van der Waals surface area contributed by atoms with Gasteiger partial charge in [0.1, 0.15) is 0 Å². The predicted molar refractivity (Wildman–Crippen MR) is 18.7 cm³/mol. The molecular weight excluding hydrogens is 105 g/mol. The van der Waals surface area contributed by atoms with Crippen LogP contribution < -0.4 is 40.4 Å². The summed E-state index contributed by atoms with van der Waals surface area (Å²) >= 11 is 0. The number of carbonyl (C=O) groups is 1. The maximum atomic E-state index is 9.46. The molecule has 0 bridgehead atoms. The molecule has 2 N–H and O–H groups in total. The second-order valence-electron chi connectivity index (χ2n) is 1.11. The number of hydrogen-bond acceptors (Lipinski definition) is 3. The van der Waals surface area contributed by atoms with E-state index in [0.29, 0.717) is 0 Å². The Hall–Kier alpha value is 0.430. The Kier molecular flexibility index (Phi) is 6.82. The van der Waals surface area contributed by atoms with Crippen molar-refractivity contribution in [3.05, 3.63) is 0 Å². The molecular formula is C3H6NNaO2. The van der Waals surface area contributed by atoms with E-state index < -0.39 is 12.0 Å². The van der Waals surface area contributed by atoms with Crippen molar-refractivity contribution in [2.24, 2.45) is 5.73 Å². The van der Waals surface area contributed by atoms with Gasteiger partial charge in [-0.05, 0) is 6.92 Å². The van der Waals surface area contributed by atoms with Crippen LogP contribution in [0.25, 0.3) is 0 Å². The van der Waals surface area contributed by atoms with E-state index in [1.54, 1.807) is 0 Å². The molecule has 0 aromatic heterocycles. The minimum absolute atomic E-state index is 0. The third-order valence-corrected chi connectivity index (χ3v) is 0.372. The number of nitrogens with two attached hydrogens (primary N) is 1. The molecule has 0 aliphatic rings. The Morgan fingerprint density at radius 1 is 1.86 bits per heavy atom. The van der Waals surface area contributed by atoms with Gasteiger partial charge in [-0.25, -0.2) is 0 Å². The molecule has 0 rings (SSSR count). The Morgan fingerprint density at radius 2 is 2.00 bits per heavy atom. The standard InChI is InChI=1S/C3H7NO2.Na/c1-2(4)3(5)6;/h2H,4H2,1H3,(H,5,6);/q;+1/p-1/t2-;/m1./s1. The van der Waals surface area contributed by atoms with Gasteiger partial charge in [0.15, 0.2) is 0 Å². The van der Waals surface area contributed by atoms with Gasteiger partial charge in [-0.15, -0.1) is 0 Å². The molecule has 0 unspecified atom stereocenters. The van der Waals surface area contributed by atoms with Gasteiger partial charge in [-0.2, -0.15) is 0 Å². The zero-order chi connectivity index (χ0) is 5.15. The summed E-state index contributed by atoms with van der Waals surface area (Å²) in [5.41, 5.74) is 4.77. The molecule has 0 amide bonds. The van der Waals surface area contributed by atoms with Crippen molar-refractivity contribution < 1.29 is 39.5 Å². The third kappa shape index (κ3) is 6.43. The van der Waals surface area contributed by atoms with E-state index in [4.69, 9.17) is 5.73 Å². The minimum Gasteiger partial charge on any atom is -0.548 e. The van der Waals surface area contributed by atoms with E-state index in [9.17, 15) is 9.90 Å². The summed E-state index contributed by atoms with van der Waals surface area (Å²) in [4.78, 5) is 9.46. The van der Waals surface area contributed by atoms with Crippen LogP contribution >= 0.6 is 0 Å². The fourth-order valence-corrected chi connectivity index (χ4v) is 0. The second kappa shape index (κ2) is 4.59. The molecule has 0 saturated carbocycles. The maximum Gasteiger partial charge on any atom is 1.00 e. The van der Waals surface area contributed by atoms with Crippen LogP contribution in [-0.2, 0) is 4.79 Å². The SMILES string of the molecule is C[C@@H](N)C(=O)[O-].[Na+]. The van der Waals surface area contributed by atoms with Crippen molar-refractivity contribution in [3.8, 4) is 0 Å². The first-order valence-corrected chi connectivity index (χ1v) is 1.61. The predicted octanol–water partition coefficient (Wildman–Crippen LogP) is -4.91. The summed E-state index contributed by atoms with van der Waals surface area (Å²) in [6.45, 7) is 1.36. The van der Waals surface area contributed by atoms with Gasteiger partial charge in [0.2, 0.25) is 0 Å². The summed E-state index contributed by atoms with van der Waals surface area (Å²) in [5, 5.41) is 9.46. The number of carbonyl (C=O) groups excluding carboxylic acids is 1. The monoisotopic (exact) mass is 111 g/mol. The van der Waals surface area contributed by atoms with Crippen LogP contribution in [0.4, 0.5) is 0 Å². The van der Waals surface area contributed by atoms with Crippen LogP contribution in [0, 0.1) is 0 Å². The van der Waals surface area contributed by atoms with Gasteiger partial charge in [0.25, 0.3) is 0 Å². The molecule has 3 nitrogen and oxygen atoms in total. The van der Waals surface area contributed by atoms with E-state index in [2.05, 4.69) is 0 Å². The molecule has 0 radical (unpaired) electrons. The molecule has 0 aliphatic heterocycles. The van der Waals surface area contributed by atoms with E-state index in [1.165, 1.54) is 6.92 Å². The van der Waals surface area contributed by atoms with Crippen molar-refractivity contribution in [3.63, 3.8) is 0 Å². The molecule has 0 aromatic rings. The van der Waals surface area contributed by atoms with Gasteiger partial charge in [0, 0.05) is 6.04 Å². The number of carboxylic acids is 1. The average molecular weight is 111 g/mol. The van der Waals surface area contributed by atoms with Gasteiger partial charge in [-0.3, -0.25) is 0 Å². The fourth-order valence-electron chi connectivity index (χ4n) is 0. The molecule has 1 atom stereocenters. The molecule has 0 spiro atoms. The van der Waals surface area contributed by atoms with Crippen molar-refractivity contribution in [1.82, 2.24) is 0 Å². The molecule has 4 heteroatoms. The maximum absolute atomic E-state index is 9.46. The first-order valence-electron chi connectivity index (χ1n) is 1.61. The van der Waals surface area contributed by atoms with Crippen LogP contribution in [0.3, 0.4) is 0 Å². The molecule has 0 aliphatic carbocycles. The first-order chi connectivity index (χ1) is 2.64. The number of rotatable bonds is 1. The Morgan fingerprint density at radius 3 is 2.00 bits per heavy atom. The van der Waals surface area contributed by atoms with Gasteiger partial charge >= 0.3 is 29.6 Å². The quantitative estimate of drug-likeness (QED) is 0.345. The molecule has 0 saturated heterocycles. The zero-order valence-corrected chi connectivity index (χ0v) is 6.47. The van der Waals surface area contributed by atoms with E-state index in [0.717, 1.165) is 0 Å². The Bertz CT molecular complexity index is 64.0. The summed E-state index contributed by atoms with van der Waals surface area (Å²) in [6, 6.07) is -0.843. The number of aliphatic carboxylic acids is 1. The molecule has 0 fully saturated rings. The van der Waals surface area contributed by atoms with Crippen LogP contribution in [0.5, 0.6) is 0 Å². The number of carboxylic acid groups (broad SMARTS) is 1. The van der Waals surface area contributed by atoms with Gasteiger partial charge in [0.05, 0.1) is 5.97 Å². The Labute approximate surface area is 64.2 Å². The fraction of sp³-hybridized carbons (Fsp3) is 0.667. The summed E-state index contributed by atoms with van der Waals surface area (Å²) in [6.07, 6.45) is 0. The van der Waals surface area contributed by atoms with Crippen LogP contribution in [0.15, 0.2) is 0 Å². The van der Waals surface area contributed by atoms with Crippen molar-refractivity contribution in [2.75, 3.05) is 0 Å². The topological polar surface area (TPSA) is 66.2 Å². The van der Waals surface area contributed by atoms with Crippen molar-refractivity contribution in [2.45, 2.75) is 13.0 Å². The Balaban J connectivity index is 0. The third-order valence-electron chi connectivity index (χ3n) is 0.372. The summed E-state index contributed by atoms with van der Waals surface area (Å²) in [5.74, 6) is -1.21. The average Bonchev–Trinajstić information content (AvgIpc) is 1.36. The van der Waals surface area contributed by atoms with Crippen LogP contribution in [0.1, 0.15) is 6.92 Å². The second-order valence-corrected chi connectivity index (χ2v) is 1.11. The zero-order valence-electron chi connectivity index (χ0n) is 4.47. The van der Waals surface area contributed by atoms with Crippen LogP contribution in [-0.4, -0.2) is 12.0 Å². The van der Waals surface area contributed by atoms with E-state index in [-0.39, 0.29) is 29.6 Å². The van der Waals surface area contributed by atoms with Crippen molar-refractivity contribution >= 4 is 5.97 Å². The largest absolute Gasteiger partial charge is 1.00 e. The summed E-state index contributed by atoms with van der Waals surface area (Å²) in [7, 11) is 0. The molecule has 7 heavy (non-hydrogen) atoms. The molecule has 36 valence electrons. The summed E-state index contributed by atoms with van der Waals surface area (Å²) < 4.78 is 0. The smallest absolute Gasteiger partial charge is 0.548 e. The normalized spacial score (nSPS) is 11.7. The van der Waals surface area contributed by atoms with Gasteiger partial charge in [-0.1, -0.05) is 0 Å². The van der Waals surface area contributed by atoms with Gasteiger partial charge < -0.3 is 15.6 Å². The van der Waals surface area contributed by atoms with E-state index >= 15 is 0 Å². The molecule has 0 heterocycles. The van der Waals surface area contributed by atoms with E-state index in [1.807, 2.05) is 0 Å². The number of hydrogen-bond donors (Lipinski definition) is 1.